The molecule has 5 fully saturated rings. The first-order valence-electron chi connectivity index (χ1n) is 11.9. The standard InChI is InChI=1S/C20H37F2N9O/c1-28-2-3-29-4-5-30(11-13(29)10-28)17-14(22)7-24-8-15(17)26-20(32)16-18(23)27-31-9-12(21)6-25-19(16)31/h12-19,24-25,27H,2-11,23H2,1H3,(H,26,32). The minimum Gasteiger partial charge on any atom is -0.350 e. The van der Waals surface area contributed by atoms with E-state index in [1.807, 2.05) is 0 Å². The van der Waals surface area contributed by atoms with Gasteiger partial charge in [-0.1, -0.05) is 0 Å². The first kappa shape index (κ1) is 22.8. The van der Waals surface area contributed by atoms with Gasteiger partial charge in [0, 0.05) is 71.5 Å². The second-order valence-corrected chi connectivity index (χ2v) is 10.0. The molecule has 0 aromatic carbocycles. The van der Waals surface area contributed by atoms with Crippen molar-refractivity contribution in [3.05, 3.63) is 0 Å². The highest BCUT2D eigenvalue weighted by atomic mass is 19.1. The fourth-order valence-corrected chi connectivity index (χ4v) is 6.15. The molecular weight excluding hydrogens is 420 g/mol. The number of nitrogens with two attached hydrogens (primary N) is 1. The summed E-state index contributed by atoms with van der Waals surface area (Å²) < 4.78 is 29.0. The average Bonchev–Trinajstić information content (AvgIpc) is 3.08. The van der Waals surface area contributed by atoms with Crippen molar-refractivity contribution in [2.45, 2.75) is 42.8 Å². The van der Waals surface area contributed by atoms with E-state index < -0.39 is 24.4 Å². The van der Waals surface area contributed by atoms with Crippen LogP contribution in [-0.2, 0) is 4.79 Å². The summed E-state index contributed by atoms with van der Waals surface area (Å²) in [7, 11) is 2.13. The smallest absolute Gasteiger partial charge is 0.229 e. The molecule has 182 valence electrons. The van der Waals surface area contributed by atoms with Crippen molar-refractivity contribution in [2.24, 2.45) is 11.7 Å². The van der Waals surface area contributed by atoms with Crippen molar-refractivity contribution < 1.29 is 13.6 Å². The van der Waals surface area contributed by atoms with Crippen LogP contribution in [0.2, 0.25) is 0 Å². The molecule has 5 aliphatic heterocycles. The number of rotatable bonds is 3. The van der Waals surface area contributed by atoms with Crippen LogP contribution in [0.3, 0.4) is 0 Å². The molecule has 0 radical (unpaired) electrons. The number of hydrogen-bond acceptors (Lipinski definition) is 9. The van der Waals surface area contributed by atoms with Gasteiger partial charge < -0.3 is 21.3 Å². The van der Waals surface area contributed by atoms with E-state index in [-0.39, 0.29) is 37.2 Å². The maximum absolute atomic E-state index is 15.2. The summed E-state index contributed by atoms with van der Waals surface area (Å²) in [6.45, 7) is 6.84. The van der Waals surface area contributed by atoms with Crippen LogP contribution < -0.4 is 27.1 Å². The molecule has 8 atom stereocenters. The molecule has 5 aliphatic rings. The first-order chi connectivity index (χ1) is 15.4. The number of nitrogens with one attached hydrogen (secondary N) is 4. The quantitative estimate of drug-likeness (QED) is 0.298. The molecular formula is C20H37F2N9O. The number of likely N-dealkylation sites (N-methyl/N-ethyl adjacent to an activating group) is 1. The van der Waals surface area contributed by atoms with E-state index >= 15 is 4.39 Å². The molecule has 0 saturated carbocycles. The number of hydrazine groups is 1. The molecule has 0 spiro atoms. The van der Waals surface area contributed by atoms with Gasteiger partial charge >= 0.3 is 0 Å². The third-order valence-corrected chi connectivity index (χ3v) is 7.79. The van der Waals surface area contributed by atoms with Gasteiger partial charge in [-0.15, -0.1) is 0 Å². The van der Waals surface area contributed by atoms with Crippen LogP contribution in [-0.4, -0.2) is 141 Å². The summed E-state index contributed by atoms with van der Waals surface area (Å²) in [4.78, 5) is 20.4. The zero-order valence-corrected chi connectivity index (χ0v) is 18.7. The number of piperazine rings is 2. The van der Waals surface area contributed by atoms with E-state index in [1.165, 1.54) is 0 Å². The highest BCUT2D eigenvalue weighted by molar-refractivity contribution is 5.81. The van der Waals surface area contributed by atoms with Crippen molar-refractivity contribution >= 4 is 5.91 Å². The Hall–Kier alpha value is -0.990. The van der Waals surface area contributed by atoms with Crippen molar-refractivity contribution in [1.29, 1.82) is 0 Å². The summed E-state index contributed by atoms with van der Waals surface area (Å²) in [6.07, 6.45) is -3.05. The zero-order valence-electron chi connectivity index (χ0n) is 18.7. The lowest BCUT2D eigenvalue weighted by atomic mass is 9.93. The Kier molecular flexibility index (Phi) is 6.65. The molecule has 32 heavy (non-hydrogen) atoms. The predicted octanol–water partition coefficient (Wildman–Crippen LogP) is -3.30. The maximum Gasteiger partial charge on any atom is 0.229 e. The number of fused-ring (bicyclic) bond motifs is 2. The zero-order chi connectivity index (χ0) is 22.4. The molecule has 6 N–H and O–H groups in total. The SMILES string of the molecule is CN1CCN2CCN(C3C(F)CNCC3NC(=O)C3C(N)NN4CC(F)CNC34)CC2C1. The molecule has 0 aromatic heterocycles. The number of nitrogens with zero attached hydrogens (tertiary/aromatic N) is 4. The fraction of sp³-hybridized carbons (Fsp3) is 0.950. The van der Waals surface area contributed by atoms with Crippen molar-refractivity contribution in [3.63, 3.8) is 0 Å². The third-order valence-electron chi connectivity index (χ3n) is 7.79. The molecule has 8 unspecified atom stereocenters. The van der Waals surface area contributed by atoms with Gasteiger partial charge in [-0.25, -0.2) is 19.2 Å². The van der Waals surface area contributed by atoms with Crippen LogP contribution >= 0.6 is 0 Å². The van der Waals surface area contributed by atoms with Gasteiger partial charge in [-0.3, -0.25) is 19.9 Å². The largest absolute Gasteiger partial charge is 0.350 e. The lowest BCUT2D eigenvalue weighted by Gasteiger charge is -2.51. The van der Waals surface area contributed by atoms with Crippen LogP contribution in [0.4, 0.5) is 8.78 Å². The van der Waals surface area contributed by atoms with Crippen LogP contribution in [0.1, 0.15) is 0 Å². The van der Waals surface area contributed by atoms with E-state index in [0.717, 1.165) is 39.3 Å². The fourth-order valence-electron chi connectivity index (χ4n) is 6.15. The Bertz CT molecular complexity index is 689. The molecule has 0 bridgehead atoms. The Balaban J connectivity index is 1.26. The maximum atomic E-state index is 15.2. The molecule has 0 aliphatic carbocycles. The van der Waals surface area contributed by atoms with E-state index in [1.54, 1.807) is 5.01 Å². The second-order valence-electron chi connectivity index (χ2n) is 10.0. The van der Waals surface area contributed by atoms with Crippen LogP contribution in [0.15, 0.2) is 0 Å². The highest BCUT2D eigenvalue weighted by Gasteiger charge is 2.49. The normalized spacial score (nSPS) is 44.8. The Morgan fingerprint density at radius 3 is 2.66 bits per heavy atom. The summed E-state index contributed by atoms with van der Waals surface area (Å²) in [5, 5.41) is 11.0. The first-order valence-corrected chi connectivity index (χ1v) is 11.9. The van der Waals surface area contributed by atoms with E-state index in [2.05, 4.69) is 43.1 Å². The predicted molar refractivity (Wildman–Crippen MR) is 116 cm³/mol. The minimum absolute atomic E-state index is 0.190. The molecule has 0 aromatic rings. The van der Waals surface area contributed by atoms with Crippen molar-refractivity contribution in [3.8, 4) is 0 Å². The van der Waals surface area contributed by atoms with Gasteiger partial charge in [-0.2, -0.15) is 0 Å². The second kappa shape index (κ2) is 9.34. The van der Waals surface area contributed by atoms with Crippen LogP contribution in [0.25, 0.3) is 0 Å². The van der Waals surface area contributed by atoms with Gasteiger partial charge in [0.2, 0.25) is 5.91 Å². The summed E-state index contributed by atoms with van der Waals surface area (Å²) in [5.41, 5.74) is 9.21. The lowest BCUT2D eigenvalue weighted by molar-refractivity contribution is -0.128. The lowest BCUT2D eigenvalue weighted by Crippen LogP contribution is -2.70. The highest BCUT2D eigenvalue weighted by Crippen LogP contribution is 2.25. The number of alkyl halides is 2. The van der Waals surface area contributed by atoms with Gasteiger partial charge in [0.25, 0.3) is 0 Å². The number of carbonyl (C=O) groups is 1. The average molecular weight is 458 g/mol. The van der Waals surface area contributed by atoms with Crippen molar-refractivity contribution in [2.75, 3.05) is 72.5 Å². The number of halogens is 2. The monoisotopic (exact) mass is 457 g/mol. The Morgan fingerprint density at radius 1 is 1.03 bits per heavy atom. The van der Waals surface area contributed by atoms with E-state index in [4.69, 9.17) is 5.73 Å². The van der Waals surface area contributed by atoms with Gasteiger partial charge in [0.05, 0.1) is 30.3 Å². The number of amides is 1. The summed E-state index contributed by atoms with van der Waals surface area (Å²) in [5.74, 6) is -0.795. The topological polar surface area (TPSA) is 104 Å². The van der Waals surface area contributed by atoms with Crippen LogP contribution in [0.5, 0.6) is 0 Å². The number of piperidine rings is 1. The summed E-state index contributed by atoms with van der Waals surface area (Å²) >= 11 is 0. The van der Waals surface area contributed by atoms with E-state index in [0.29, 0.717) is 19.1 Å². The van der Waals surface area contributed by atoms with E-state index in [9.17, 15) is 9.18 Å². The van der Waals surface area contributed by atoms with Gasteiger partial charge in [0.1, 0.15) is 12.3 Å². The molecule has 5 saturated heterocycles. The number of hydrogen-bond donors (Lipinski definition) is 5. The molecule has 10 nitrogen and oxygen atoms in total. The number of carbonyl (C=O) groups excluding carboxylic acids is 1. The Morgan fingerprint density at radius 2 is 1.81 bits per heavy atom. The van der Waals surface area contributed by atoms with Crippen molar-refractivity contribution in [1.82, 2.24) is 41.1 Å². The molecule has 12 heteroatoms. The Labute approximate surface area is 188 Å². The third kappa shape index (κ3) is 4.39. The molecule has 1 amide bonds. The minimum atomic E-state index is -1.06. The molecule has 5 rings (SSSR count). The molecule has 5 heterocycles. The van der Waals surface area contributed by atoms with Crippen LogP contribution in [0, 0.1) is 5.92 Å². The van der Waals surface area contributed by atoms with Gasteiger partial charge in [-0.05, 0) is 7.05 Å². The van der Waals surface area contributed by atoms with Gasteiger partial charge in [0.15, 0.2) is 0 Å². The summed E-state index contributed by atoms with van der Waals surface area (Å²) in [6, 6.07) is -0.328.